The molecule has 34 heavy (non-hydrogen) atoms. The number of amides is 3. The average Bonchev–Trinajstić information content (AvgIpc) is 3.12. The minimum Gasteiger partial charge on any atom is -0.381 e. The molecule has 0 saturated carbocycles. The van der Waals surface area contributed by atoms with Crippen LogP contribution in [0.15, 0.2) is 36.4 Å². The van der Waals surface area contributed by atoms with E-state index in [1.165, 1.54) is 29.2 Å². The first kappa shape index (κ1) is 15.6. The van der Waals surface area contributed by atoms with Crippen LogP contribution in [0.5, 0.6) is 0 Å². The largest absolute Gasteiger partial charge is 0.381 e. The number of nitrogens with one attached hydrogen (secondary N) is 2. The van der Waals surface area contributed by atoms with Crippen LogP contribution in [0.1, 0.15) is 49.5 Å². The van der Waals surface area contributed by atoms with Crippen molar-refractivity contribution in [3.8, 4) is 0 Å². The lowest BCUT2D eigenvalue weighted by Gasteiger charge is -2.29. The second-order valence-corrected chi connectivity index (χ2v) is 7.96. The first-order valence-electron chi connectivity index (χ1n) is 14.3. The van der Waals surface area contributed by atoms with Gasteiger partial charge in [-0.25, -0.2) is 4.39 Å². The predicted molar refractivity (Wildman–Crippen MR) is 122 cm³/mol. The van der Waals surface area contributed by atoms with Crippen molar-refractivity contribution < 1.29 is 33.1 Å². The lowest BCUT2D eigenvalue weighted by atomic mass is 10.0. The smallest absolute Gasteiger partial charge is 0.255 e. The number of fused-ring (bicyclic) bond motifs is 1. The van der Waals surface area contributed by atoms with E-state index in [2.05, 4.69) is 5.32 Å². The number of piperidine rings is 1. The van der Waals surface area contributed by atoms with Crippen LogP contribution in [0.25, 0.3) is 0 Å². The van der Waals surface area contributed by atoms with E-state index >= 15 is 4.39 Å². The predicted octanol–water partition coefficient (Wildman–Crippen LogP) is 2.03. The quantitative estimate of drug-likeness (QED) is 0.624. The highest BCUT2D eigenvalue weighted by atomic mass is 19.1. The fourth-order valence-corrected chi connectivity index (χ4v) is 3.93. The molecule has 8 nitrogen and oxygen atoms in total. The summed E-state index contributed by atoms with van der Waals surface area (Å²) in [6, 6.07) is 4.77. The highest BCUT2D eigenvalue weighted by Gasteiger charge is 2.39. The molecule has 9 heteroatoms. The number of rotatable bonds is 6. The molecule has 2 N–H and O–H groups in total. The SMILES string of the molecule is [2H]C([2H])(Nc1cccc2c1C([2H])([2H])N([C@@]1([2H])CCC(=O)NC1=O)C2=O)c1ccc(C([2H])([2H])N2CCOCC2)cc1F. The molecule has 5 rings (SSSR count). The number of hydrogen-bond acceptors (Lipinski definition) is 6. The van der Waals surface area contributed by atoms with Crippen molar-refractivity contribution >= 4 is 23.4 Å². The molecule has 0 aromatic heterocycles. The van der Waals surface area contributed by atoms with Gasteiger partial charge in [-0.3, -0.25) is 24.6 Å². The molecular weight excluding hydrogens is 439 g/mol. The molecule has 0 radical (unpaired) electrons. The number of hydrogen-bond donors (Lipinski definition) is 2. The maximum atomic E-state index is 15.3. The number of carbonyl (C=O) groups is 3. The maximum absolute atomic E-state index is 15.3. The standard InChI is InChI=1S/C25H27FN4O4/c26-20-12-16(14-29-8-10-34-11-9-29)4-5-17(20)13-27-21-3-1-2-18-19(21)15-30(25(18)33)22-6-7-23(31)28-24(22)32/h1-5,12,22,27H,6-11,13-15H2,(H,28,31,32)/t22-/m0/s1/i13D2,14D2,15D2,22D. The summed E-state index contributed by atoms with van der Waals surface area (Å²) in [6.45, 7) is -6.23. The van der Waals surface area contributed by atoms with E-state index in [0.29, 0.717) is 31.2 Å². The van der Waals surface area contributed by atoms with Crippen molar-refractivity contribution in [2.24, 2.45) is 0 Å². The van der Waals surface area contributed by atoms with Crippen molar-refractivity contribution in [2.75, 3.05) is 31.6 Å². The van der Waals surface area contributed by atoms with Crippen LogP contribution < -0.4 is 10.6 Å². The molecule has 0 bridgehead atoms. The summed E-state index contributed by atoms with van der Waals surface area (Å²) in [7, 11) is 0. The van der Waals surface area contributed by atoms with Crippen LogP contribution in [0.2, 0.25) is 0 Å². The number of imide groups is 1. The molecular formula is C25H27FN4O4. The molecule has 0 aliphatic carbocycles. The average molecular weight is 474 g/mol. The monoisotopic (exact) mass is 473 g/mol. The zero-order chi connectivity index (χ0) is 30.0. The van der Waals surface area contributed by atoms with Gasteiger partial charge in [0.15, 0.2) is 0 Å². The highest BCUT2D eigenvalue weighted by molar-refractivity contribution is 6.06. The molecule has 2 saturated heterocycles. The summed E-state index contributed by atoms with van der Waals surface area (Å²) in [5.74, 6) is -3.83. The van der Waals surface area contributed by atoms with E-state index in [1.54, 1.807) is 0 Å². The number of anilines is 1. The Bertz CT molecular complexity index is 1440. The van der Waals surface area contributed by atoms with Crippen molar-refractivity contribution in [2.45, 2.75) is 38.4 Å². The van der Waals surface area contributed by atoms with Gasteiger partial charge in [-0.05, 0) is 30.2 Å². The van der Waals surface area contributed by atoms with E-state index in [0.717, 1.165) is 12.1 Å². The number of halogens is 1. The molecule has 2 aromatic carbocycles. The minimum absolute atomic E-state index is 0.0143. The molecule has 3 aliphatic heterocycles. The first-order valence-corrected chi connectivity index (χ1v) is 10.8. The second kappa shape index (κ2) is 9.52. The van der Waals surface area contributed by atoms with Crippen molar-refractivity contribution in [1.82, 2.24) is 15.1 Å². The summed E-state index contributed by atoms with van der Waals surface area (Å²) < 4.78 is 80.8. The molecule has 2 fully saturated rings. The number of carbonyl (C=O) groups excluding carboxylic acids is 3. The number of morpholine rings is 1. The van der Waals surface area contributed by atoms with E-state index in [4.69, 9.17) is 14.3 Å². The van der Waals surface area contributed by atoms with Gasteiger partial charge < -0.3 is 15.0 Å². The number of nitrogens with zero attached hydrogens (tertiary/aromatic N) is 2. The van der Waals surface area contributed by atoms with Crippen LogP contribution in [0, 0.1) is 5.82 Å². The van der Waals surface area contributed by atoms with Crippen molar-refractivity contribution in [1.29, 1.82) is 0 Å². The third-order valence-corrected chi connectivity index (χ3v) is 5.69. The zero-order valence-electron chi connectivity index (χ0n) is 25.1. The van der Waals surface area contributed by atoms with Gasteiger partial charge in [0.25, 0.3) is 5.91 Å². The lowest BCUT2D eigenvalue weighted by Crippen LogP contribution is -2.52. The third-order valence-electron chi connectivity index (χ3n) is 5.69. The molecule has 2 aromatic rings. The van der Waals surface area contributed by atoms with Crippen molar-refractivity contribution in [3.63, 3.8) is 0 Å². The Kier molecular flexibility index (Phi) is 4.36. The van der Waals surface area contributed by atoms with Crippen LogP contribution in [-0.4, -0.2) is 59.8 Å². The fraction of sp³-hybridized carbons (Fsp3) is 0.400. The summed E-state index contributed by atoms with van der Waals surface area (Å²) in [5, 5.41) is 4.43. The zero-order valence-corrected chi connectivity index (χ0v) is 18.1. The summed E-state index contributed by atoms with van der Waals surface area (Å²) in [4.78, 5) is 39.5. The van der Waals surface area contributed by atoms with Crippen LogP contribution >= 0.6 is 0 Å². The van der Waals surface area contributed by atoms with Crippen molar-refractivity contribution in [3.05, 3.63) is 64.5 Å². The lowest BCUT2D eigenvalue weighted by molar-refractivity contribution is -0.136. The Morgan fingerprint density at radius 3 is 2.82 bits per heavy atom. The molecule has 3 aliphatic rings. The second-order valence-electron chi connectivity index (χ2n) is 7.96. The first-order chi connectivity index (χ1) is 19.1. The molecule has 3 heterocycles. The Morgan fingerprint density at radius 1 is 1.24 bits per heavy atom. The fourth-order valence-electron chi connectivity index (χ4n) is 3.93. The topological polar surface area (TPSA) is 91.0 Å². The summed E-state index contributed by atoms with van der Waals surface area (Å²) in [6.07, 6.45) is -0.714. The van der Waals surface area contributed by atoms with Gasteiger partial charge in [0.1, 0.15) is 11.8 Å². The number of benzene rings is 2. The van der Waals surface area contributed by atoms with Gasteiger partial charge >= 0.3 is 0 Å². The van der Waals surface area contributed by atoms with Gasteiger partial charge in [-0.1, -0.05) is 18.2 Å². The molecule has 0 spiro atoms. The van der Waals surface area contributed by atoms with Gasteiger partial charge in [-0.2, -0.15) is 0 Å². The van der Waals surface area contributed by atoms with Gasteiger partial charge in [0.05, 0.1) is 20.1 Å². The normalized spacial score (nSPS) is 28.4. The molecule has 1 atom stereocenters. The molecule has 0 unspecified atom stereocenters. The van der Waals surface area contributed by atoms with Crippen LogP contribution in [-0.2, 0) is 33.8 Å². The van der Waals surface area contributed by atoms with E-state index < -0.39 is 61.0 Å². The van der Waals surface area contributed by atoms with Gasteiger partial charge in [0, 0.05) is 64.1 Å². The van der Waals surface area contributed by atoms with Crippen LogP contribution in [0.4, 0.5) is 10.1 Å². The molecule has 178 valence electrons. The summed E-state index contributed by atoms with van der Waals surface area (Å²) in [5.41, 5.74) is -1.27. The number of ether oxygens (including phenoxy) is 1. The Morgan fingerprint density at radius 2 is 2.06 bits per heavy atom. The Hall–Kier alpha value is -3.30. The molecule has 3 amide bonds. The highest BCUT2D eigenvalue weighted by Crippen LogP contribution is 2.32. The Labute approximate surface area is 206 Å². The Balaban J connectivity index is 1.47. The van der Waals surface area contributed by atoms with Gasteiger partial charge in [0.2, 0.25) is 11.8 Å². The van der Waals surface area contributed by atoms with E-state index in [1.807, 2.05) is 5.32 Å². The summed E-state index contributed by atoms with van der Waals surface area (Å²) >= 11 is 0. The van der Waals surface area contributed by atoms with Crippen LogP contribution in [0.3, 0.4) is 0 Å². The third kappa shape index (κ3) is 4.53. The maximum Gasteiger partial charge on any atom is 0.255 e. The van der Waals surface area contributed by atoms with Gasteiger partial charge in [-0.15, -0.1) is 0 Å². The van der Waals surface area contributed by atoms with E-state index in [-0.39, 0.29) is 28.8 Å². The van der Waals surface area contributed by atoms with E-state index in [9.17, 15) is 14.4 Å². The minimum atomic E-state index is -2.78.